The van der Waals surface area contributed by atoms with Crippen molar-refractivity contribution in [2.45, 2.75) is 12.8 Å². The topological polar surface area (TPSA) is 0 Å². The van der Waals surface area contributed by atoms with Crippen LogP contribution in [0.25, 0.3) is 0 Å². The molecule has 50 valence electrons. The van der Waals surface area contributed by atoms with E-state index in [1.54, 1.807) is 0 Å². The van der Waals surface area contributed by atoms with Gasteiger partial charge in [-0.25, -0.2) is 0 Å². The lowest BCUT2D eigenvalue weighted by atomic mass is 9.97. The largest absolute Gasteiger partial charge is 0.0838 e. The van der Waals surface area contributed by atoms with Crippen LogP contribution in [-0.4, -0.2) is 0 Å². The lowest BCUT2D eigenvalue weighted by molar-refractivity contribution is 1.09. The first kappa shape index (κ1) is 5.72. The summed E-state index contributed by atoms with van der Waals surface area (Å²) in [5, 5.41) is 0. The van der Waals surface area contributed by atoms with Crippen molar-refractivity contribution in [2.24, 2.45) is 0 Å². The van der Waals surface area contributed by atoms with Gasteiger partial charge in [0.15, 0.2) is 0 Å². The first-order valence-corrected chi connectivity index (χ1v) is 3.68. The molecule has 10 heavy (non-hydrogen) atoms. The van der Waals surface area contributed by atoms with Crippen LogP contribution in [0.4, 0.5) is 0 Å². The summed E-state index contributed by atoms with van der Waals surface area (Å²) in [5.41, 5.74) is 2.98. The van der Waals surface area contributed by atoms with Crippen molar-refractivity contribution < 1.29 is 0 Å². The van der Waals surface area contributed by atoms with Gasteiger partial charge in [-0.3, -0.25) is 0 Å². The van der Waals surface area contributed by atoms with Crippen LogP contribution >= 0.6 is 0 Å². The van der Waals surface area contributed by atoms with E-state index in [0.717, 1.165) is 12.8 Å². The molecule has 0 nitrogen and oxygen atoms in total. The van der Waals surface area contributed by atoms with Gasteiger partial charge >= 0.3 is 0 Å². The highest BCUT2D eigenvalue weighted by atomic mass is 14.1. The minimum absolute atomic E-state index is 1.12. The third kappa shape index (κ3) is 0.860. The molecule has 0 bridgehead atoms. The van der Waals surface area contributed by atoms with Crippen LogP contribution in [0.2, 0.25) is 0 Å². The van der Waals surface area contributed by atoms with Gasteiger partial charge in [-0.1, -0.05) is 36.4 Å². The van der Waals surface area contributed by atoms with Crippen molar-refractivity contribution in [3.8, 4) is 0 Å². The van der Waals surface area contributed by atoms with E-state index in [0.29, 0.717) is 0 Å². The predicted molar refractivity (Wildman–Crippen MR) is 43.0 cm³/mol. The molecule has 0 saturated heterocycles. The Balaban J connectivity index is 2.47. The molecule has 1 aliphatic carbocycles. The summed E-state index contributed by atoms with van der Waals surface area (Å²) in [4.78, 5) is 0. The van der Waals surface area contributed by atoms with Gasteiger partial charge in [0.05, 0.1) is 0 Å². The number of hydrogen-bond donors (Lipinski definition) is 0. The predicted octanol–water partition coefficient (Wildman–Crippen LogP) is 2.34. The maximum absolute atomic E-state index is 2.24. The van der Waals surface area contributed by atoms with Crippen molar-refractivity contribution in [3.05, 3.63) is 47.5 Å². The van der Waals surface area contributed by atoms with Crippen molar-refractivity contribution in [3.63, 3.8) is 0 Å². The number of rotatable bonds is 0. The molecule has 0 amide bonds. The van der Waals surface area contributed by atoms with E-state index in [2.05, 4.69) is 36.4 Å². The van der Waals surface area contributed by atoms with E-state index in [1.165, 1.54) is 11.1 Å². The second kappa shape index (κ2) is 2.30. The molecule has 1 aromatic carbocycles. The Morgan fingerprint density at radius 1 is 0.800 bits per heavy atom. The summed E-state index contributed by atoms with van der Waals surface area (Å²) in [7, 11) is 0. The summed E-state index contributed by atoms with van der Waals surface area (Å²) in [5.74, 6) is 0. The number of allylic oxidation sites excluding steroid dienone is 2. The summed E-state index contributed by atoms with van der Waals surface area (Å²) in [6.07, 6.45) is 6.72. The molecule has 0 aromatic heterocycles. The molecule has 0 unspecified atom stereocenters. The molecule has 1 aliphatic rings. The molecule has 0 saturated carbocycles. The van der Waals surface area contributed by atoms with Crippen molar-refractivity contribution in [1.29, 1.82) is 0 Å². The summed E-state index contributed by atoms with van der Waals surface area (Å²) in [6.45, 7) is 0. The van der Waals surface area contributed by atoms with E-state index < -0.39 is 0 Å². The van der Waals surface area contributed by atoms with Crippen LogP contribution in [0.1, 0.15) is 11.1 Å². The number of benzene rings is 1. The van der Waals surface area contributed by atoms with Gasteiger partial charge in [0.2, 0.25) is 0 Å². The van der Waals surface area contributed by atoms with E-state index in [4.69, 9.17) is 0 Å². The monoisotopic (exact) mass is 130 g/mol. The van der Waals surface area contributed by atoms with Crippen LogP contribution in [0.3, 0.4) is 0 Å². The van der Waals surface area contributed by atoms with Crippen molar-refractivity contribution >= 4 is 0 Å². The van der Waals surface area contributed by atoms with Crippen molar-refractivity contribution in [1.82, 2.24) is 0 Å². The Kier molecular flexibility index (Phi) is 1.31. The van der Waals surface area contributed by atoms with Crippen LogP contribution in [0.15, 0.2) is 36.4 Å². The van der Waals surface area contributed by atoms with Gasteiger partial charge in [-0.05, 0) is 24.0 Å². The zero-order chi connectivity index (χ0) is 6.81. The molecule has 0 radical (unpaired) electrons. The van der Waals surface area contributed by atoms with Crippen LogP contribution < -0.4 is 0 Å². The second-order valence-corrected chi connectivity index (χ2v) is 2.65. The zero-order valence-corrected chi connectivity index (χ0v) is 5.88. The SMILES string of the molecule is C1=CCc2ccccc2C1. The van der Waals surface area contributed by atoms with Gasteiger partial charge in [0.25, 0.3) is 0 Å². The molecule has 0 aliphatic heterocycles. The minimum atomic E-state index is 1.12. The molecule has 0 heterocycles. The summed E-state index contributed by atoms with van der Waals surface area (Å²) < 4.78 is 0. The minimum Gasteiger partial charge on any atom is -0.0838 e. The van der Waals surface area contributed by atoms with E-state index in [1.807, 2.05) is 0 Å². The van der Waals surface area contributed by atoms with Crippen LogP contribution in [-0.2, 0) is 12.8 Å². The lowest BCUT2D eigenvalue weighted by Crippen LogP contribution is -1.95. The summed E-state index contributed by atoms with van der Waals surface area (Å²) >= 11 is 0. The smallest absolute Gasteiger partial charge is 0.00945 e. The maximum atomic E-state index is 2.24. The maximum Gasteiger partial charge on any atom is -0.00945 e. The Labute approximate surface area is 61.2 Å². The summed E-state index contributed by atoms with van der Waals surface area (Å²) in [6, 6.07) is 8.63. The van der Waals surface area contributed by atoms with Gasteiger partial charge in [-0.2, -0.15) is 0 Å². The lowest BCUT2D eigenvalue weighted by Gasteiger charge is -2.08. The third-order valence-corrected chi connectivity index (χ3v) is 1.96. The van der Waals surface area contributed by atoms with E-state index in [-0.39, 0.29) is 0 Å². The number of fused-ring (bicyclic) bond motifs is 1. The van der Waals surface area contributed by atoms with Crippen LogP contribution in [0, 0.1) is 0 Å². The Bertz CT molecular complexity index is 231. The molecule has 0 fully saturated rings. The van der Waals surface area contributed by atoms with Gasteiger partial charge in [0.1, 0.15) is 0 Å². The average molecular weight is 130 g/mol. The normalized spacial score (nSPS) is 14.8. The highest BCUT2D eigenvalue weighted by molar-refractivity contribution is 5.33. The van der Waals surface area contributed by atoms with E-state index >= 15 is 0 Å². The molecule has 0 N–H and O–H groups in total. The van der Waals surface area contributed by atoms with Crippen LogP contribution in [0.5, 0.6) is 0 Å². The molecule has 2 rings (SSSR count). The highest BCUT2D eigenvalue weighted by Gasteiger charge is 2.00. The van der Waals surface area contributed by atoms with Gasteiger partial charge < -0.3 is 0 Å². The zero-order valence-electron chi connectivity index (χ0n) is 5.88. The van der Waals surface area contributed by atoms with Gasteiger partial charge in [-0.15, -0.1) is 0 Å². The Morgan fingerprint density at radius 2 is 1.30 bits per heavy atom. The molecular formula is C10H10. The number of hydrogen-bond acceptors (Lipinski definition) is 0. The van der Waals surface area contributed by atoms with Gasteiger partial charge in [0, 0.05) is 0 Å². The molecule has 0 spiro atoms. The Hall–Kier alpha value is -1.04. The fraction of sp³-hybridized carbons (Fsp3) is 0.200. The first-order chi connectivity index (χ1) is 4.97. The standard InChI is InChI=1S/C10H10/c1-2-6-10-8-4-3-7-9(10)5-1/h1-6H,7-8H2. The fourth-order valence-corrected chi connectivity index (χ4v) is 1.38. The Morgan fingerprint density at radius 3 is 1.80 bits per heavy atom. The fourth-order valence-electron chi connectivity index (χ4n) is 1.38. The van der Waals surface area contributed by atoms with Crippen molar-refractivity contribution in [2.75, 3.05) is 0 Å². The molecule has 0 atom stereocenters. The first-order valence-electron chi connectivity index (χ1n) is 3.68. The third-order valence-electron chi connectivity index (χ3n) is 1.96. The average Bonchev–Trinajstić information content (AvgIpc) is 2.05. The quantitative estimate of drug-likeness (QED) is 0.473. The molecule has 0 heteroatoms. The van der Waals surface area contributed by atoms with E-state index in [9.17, 15) is 0 Å². The molecule has 1 aromatic rings. The highest BCUT2D eigenvalue weighted by Crippen LogP contribution is 2.14. The second-order valence-electron chi connectivity index (χ2n) is 2.65. The molecular weight excluding hydrogens is 120 g/mol.